The van der Waals surface area contributed by atoms with Crippen LogP contribution in [0, 0.1) is 0 Å². The molecule has 0 atom stereocenters. The fourth-order valence-electron chi connectivity index (χ4n) is 13.3. The van der Waals surface area contributed by atoms with E-state index < -0.39 is 0 Å². The van der Waals surface area contributed by atoms with Gasteiger partial charge >= 0.3 is 0 Å². The molecule has 0 radical (unpaired) electrons. The molecule has 92 heavy (non-hydrogen) atoms. The predicted octanol–water partition coefficient (Wildman–Crippen LogP) is 20.6. The second-order valence-electron chi connectivity index (χ2n) is 23.8. The summed E-state index contributed by atoms with van der Waals surface area (Å²) in [5.41, 5.74) is 33.1. The Hall–Kier alpha value is -11.3. The van der Waals surface area contributed by atoms with Crippen LogP contribution in [-0.2, 0) is 37.5 Å². The molecule has 0 fully saturated rings. The highest BCUT2D eigenvalue weighted by atomic mass is 14.7. The van der Waals surface area contributed by atoms with E-state index in [0.29, 0.717) is 0 Å². The van der Waals surface area contributed by atoms with Gasteiger partial charge in [0.25, 0.3) is 0 Å². The molecule has 9 aromatic carbocycles. The van der Waals surface area contributed by atoms with Gasteiger partial charge < -0.3 is 0 Å². The van der Waals surface area contributed by atoms with Crippen LogP contribution >= 0.6 is 0 Å². The lowest BCUT2D eigenvalue weighted by Crippen LogP contribution is -2.14. The molecule has 0 amide bonds. The number of fused-ring (bicyclic) bond motifs is 18. The molecule has 5 aromatic heterocycles. The Balaban J connectivity index is 0.0000000973. The van der Waals surface area contributed by atoms with E-state index in [0.717, 1.165) is 37.8 Å². The third-order valence-electron chi connectivity index (χ3n) is 17.7. The molecule has 0 N–H and O–H groups in total. The van der Waals surface area contributed by atoms with Gasteiger partial charge in [0, 0.05) is 90.9 Å². The van der Waals surface area contributed by atoms with Gasteiger partial charge in [-0.3, -0.25) is 24.9 Å². The average molecular weight is 1190 g/mol. The van der Waals surface area contributed by atoms with Crippen LogP contribution in [0.15, 0.2) is 335 Å². The van der Waals surface area contributed by atoms with E-state index in [1.54, 1.807) is 12.4 Å². The number of pyridine rings is 5. The maximum atomic E-state index is 4.40. The minimum Gasteiger partial charge on any atom is -0.265 e. The Labute approximate surface area is 541 Å². The van der Waals surface area contributed by atoms with Crippen molar-refractivity contribution in [2.24, 2.45) is 0 Å². The first kappa shape index (κ1) is 59.7. The zero-order valence-electron chi connectivity index (χ0n) is 52.0. The van der Waals surface area contributed by atoms with Crippen LogP contribution in [0.3, 0.4) is 0 Å². The Morgan fingerprint density at radius 3 is 1.09 bits per heavy atom. The van der Waals surface area contributed by atoms with Gasteiger partial charge in [0.15, 0.2) is 0 Å². The van der Waals surface area contributed by atoms with Crippen LogP contribution in [0.5, 0.6) is 0 Å². The van der Waals surface area contributed by atoms with Gasteiger partial charge in [-0.25, -0.2) is 0 Å². The molecular formula is C87H71N5. The molecule has 444 valence electrons. The largest absolute Gasteiger partial charge is 0.265 e. The first-order chi connectivity index (χ1) is 45.5. The monoisotopic (exact) mass is 1190 g/mol. The zero-order chi connectivity index (χ0) is 62.3. The lowest BCUT2D eigenvalue weighted by molar-refractivity contribution is 0.660. The highest BCUT2D eigenvalue weighted by Gasteiger charge is 2.34. The molecule has 20 rings (SSSR count). The molecule has 0 aliphatic heterocycles. The van der Waals surface area contributed by atoms with Gasteiger partial charge in [-0.05, 0) is 155 Å². The van der Waals surface area contributed by atoms with Crippen LogP contribution in [0.4, 0.5) is 0 Å². The number of hydrogen-bond acceptors (Lipinski definition) is 5. The van der Waals surface area contributed by atoms with Gasteiger partial charge in [-0.15, -0.1) is 0 Å². The number of hydrogen-bond donors (Lipinski definition) is 0. The highest BCUT2D eigenvalue weighted by Crippen LogP contribution is 2.48. The van der Waals surface area contributed by atoms with Gasteiger partial charge in [0.2, 0.25) is 0 Å². The molecule has 5 nitrogen and oxygen atoms in total. The summed E-state index contributed by atoms with van der Waals surface area (Å²) in [6, 6.07) is 99.1. The van der Waals surface area contributed by atoms with Crippen molar-refractivity contribution in [3.05, 3.63) is 402 Å². The first-order valence-corrected chi connectivity index (χ1v) is 31.7. The fourth-order valence-corrected chi connectivity index (χ4v) is 13.3. The minimum atomic E-state index is 0.160. The minimum absolute atomic E-state index is 0.160. The molecule has 6 aliphatic rings. The quantitative estimate of drug-likeness (QED) is 0.151. The molecule has 0 spiro atoms. The molecule has 5 heteroatoms. The predicted molar refractivity (Wildman–Crippen MR) is 379 cm³/mol. The van der Waals surface area contributed by atoms with Crippen molar-refractivity contribution in [3.63, 3.8) is 0 Å². The zero-order valence-corrected chi connectivity index (χ0v) is 52.0. The SMILES string of the molecule is CC1(C)c2ccccc2-c2ccccc21.c1ccc2c(c1)Cc1ccccc1-2.c1ccc2c(c1)Cc1cccnc1-2.c1ccc2c(c1)Cc1ccncc1-2.c1ccc2c(c1)Cc1cnccc1-2.c1ccc2c(c1)Cc1ncccc1-2.c1ccccc1.c1ccncc1. The molecule has 0 bridgehead atoms. The van der Waals surface area contributed by atoms with E-state index in [2.05, 4.69) is 257 Å². The summed E-state index contributed by atoms with van der Waals surface area (Å²) in [7, 11) is 0. The second kappa shape index (κ2) is 28.5. The number of benzene rings is 9. The summed E-state index contributed by atoms with van der Waals surface area (Å²) in [5, 5.41) is 0. The van der Waals surface area contributed by atoms with Crippen molar-refractivity contribution in [1.82, 2.24) is 24.9 Å². The van der Waals surface area contributed by atoms with Crippen LogP contribution < -0.4 is 0 Å². The summed E-state index contributed by atoms with van der Waals surface area (Å²) >= 11 is 0. The van der Waals surface area contributed by atoms with E-state index in [9.17, 15) is 0 Å². The van der Waals surface area contributed by atoms with E-state index in [1.807, 2.05) is 104 Å². The topological polar surface area (TPSA) is 64.5 Å². The second-order valence-corrected chi connectivity index (χ2v) is 23.8. The van der Waals surface area contributed by atoms with Crippen molar-refractivity contribution in [2.45, 2.75) is 51.4 Å². The maximum absolute atomic E-state index is 4.40. The number of nitrogens with zero attached hydrogens (tertiary/aromatic N) is 5. The van der Waals surface area contributed by atoms with Crippen LogP contribution in [0.2, 0.25) is 0 Å². The molecule has 0 unspecified atom stereocenters. The fraction of sp³-hybridized carbons (Fsp3) is 0.0920. The Kier molecular flexibility index (Phi) is 18.5. The highest BCUT2D eigenvalue weighted by molar-refractivity contribution is 5.82. The Morgan fingerprint density at radius 1 is 0.217 bits per heavy atom. The smallest absolute Gasteiger partial charge is 0.0740 e. The molecule has 14 aromatic rings. The van der Waals surface area contributed by atoms with E-state index in [4.69, 9.17) is 0 Å². The van der Waals surface area contributed by atoms with Crippen molar-refractivity contribution < 1.29 is 0 Å². The maximum Gasteiger partial charge on any atom is 0.0740 e. The van der Waals surface area contributed by atoms with Crippen LogP contribution in [0.25, 0.3) is 66.9 Å². The van der Waals surface area contributed by atoms with Crippen molar-refractivity contribution in [2.75, 3.05) is 0 Å². The third kappa shape index (κ3) is 13.4. The summed E-state index contributed by atoms with van der Waals surface area (Å²) in [6.45, 7) is 4.61. The summed E-state index contributed by atoms with van der Waals surface area (Å²) in [5.74, 6) is 0. The molecule has 5 heterocycles. The molecular weight excluding hydrogens is 1110 g/mol. The van der Waals surface area contributed by atoms with Gasteiger partial charge in [0.1, 0.15) is 0 Å². The lowest BCUT2D eigenvalue weighted by atomic mass is 9.82. The molecule has 6 aliphatic carbocycles. The molecule has 0 saturated carbocycles. The molecule has 0 saturated heterocycles. The van der Waals surface area contributed by atoms with Gasteiger partial charge in [-0.2, -0.15) is 0 Å². The van der Waals surface area contributed by atoms with Crippen LogP contribution in [-0.4, -0.2) is 24.9 Å². The third-order valence-corrected chi connectivity index (χ3v) is 17.7. The van der Waals surface area contributed by atoms with Crippen molar-refractivity contribution in [3.8, 4) is 66.9 Å². The van der Waals surface area contributed by atoms with Crippen molar-refractivity contribution >= 4 is 0 Å². The van der Waals surface area contributed by atoms with E-state index in [-0.39, 0.29) is 5.41 Å². The normalized spacial score (nSPS) is 12.3. The van der Waals surface area contributed by atoms with E-state index >= 15 is 0 Å². The van der Waals surface area contributed by atoms with Gasteiger partial charge in [0.05, 0.1) is 11.4 Å². The number of rotatable bonds is 0. The first-order valence-electron chi connectivity index (χ1n) is 31.7. The van der Waals surface area contributed by atoms with Crippen molar-refractivity contribution in [1.29, 1.82) is 0 Å². The summed E-state index contributed by atoms with van der Waals surface area (Å²) in [6.07, 6.45) is 20.1. The Morgan fingerprint density at radius 2 is 0.565 bits per heavy atom. The lowest BCUT2D eigenvalue weighted by Gasteiger charge is -2.20. The van der Waals surface area contributed by atoms with E-state index in [1.165, 1.54) is 128 Å². The van der Waals surface area contributed by atoms with Crippen LogP contribution in [0.1, 0.15) is 80.7 Å². The summed E-state index contributed by atoms with van der Waals surface area (Å²) in [4.78, 5) is 20.9. The number of aromatic nitrogens is 5. The Bertz CT molecular complexity index is 3920. The average Bonchev–Trinajstić information content (AvgIpc) is 1.65. The summed E-state index contributed by atoms with van der Waals surface area (Å²) < 4.78 is 0. The van der Waals surface area contributed by atoms with Gasteiger partial charge in [-0.1, -0.05) is 263 Å². The standard InChI is InChI=1S/C15H14.C13H10.4C12H9N.C6H6.C5H5N/c1-15(2)13-9-5-3-7-11(13)12-8-4-6-10-14(12)15;1-3-7-12-10(5-1)9-11-6-2-4-8-13(11)12;1-2-6-11-9(4-1)8-10-5-3-7-13-12(10)11;1-2-5-10-9(4-1)8-12-11(10)6-3-7-13-12;1-2-4-11-9(3-1)7-10-8-13-6-5-12(10)11;1-2-4-11-9(3-1)7-10-5-6-13-8-12(10)11;2*1-2-4-6-5-3-1/h3-10H,1-2H3;1-8H,9H2;2*1-7H,8H2;2*1-6,8H,7H2;1-6H;1-5H.